The second-order valence-corrected chi connectivity index (χ2v) is 4.96. The molecular formula is C13H19N3O3. The molecule has 0 aromatic carbocycles. The first kappa shape index (κ1) is 13.6. The molecule has 1 fully saturated rings. The first-order chi connectivity index (χ1) is 9.16. The Labute approximate surface area is 111 Å². The number of aryl methyl sites for hydroxylation is 1. The molecule has 2 atom stereocenters. The molecule has 1 amide bonds. The van der Waals surface area contributed by atoms with Gasteiger partial charge in [0.15, 0.2) is 0 Å². The number of nitrogens with one attached hydrogen (secondary N) is 1. The summed E-state index contributed by atoms with van der Waals surface area (Å²) in [6.45, 7) is 1.01. The molecule has 6 nitrogen and oxygen atoms in total. The summed E-state index contributed by atoms with van der Waals surface area (Å²) < 4.78 is 1.70. The number of carbonyl (C=O) groups is 2. The van der Waals surface area contributed by atoms with Crippen LogP contribution in [0.3, 0.4) is 0 Å². The van der Waals surface area contributed by atoms with Crippen LogP contribution in [0.15, 0.2) is 18.5 Å². The topological polar surface area (TPSA) is 84.2 Å². The molecule has 1 heterocycles. The van der Waals surface area contributed by atoms with E-state index in [0.717, 1.165) is 19.3 Å². The molecule has 1 aromatic rings. The van der Waals surface area contributed by atoms with Crippen molar-refractivity contribution < 1.29 is 14.7 Å². The van der Waals surface area contributed by atoms with Crippen LogP contribution in [0, 0.1) is 11.8 Å². The number of hydrogen-bond acceptors (Lipinski definition) is 3. The first-order valence-corrected chi connectivity index (χ1v) is 6.64. The summed E-state index contributed by atoms with van der Waals surface area (Å²) in [5.41, 5.74) is 0. The van der Waals surface area contributed by atoms with Crippen molar-refractivity contribution in [2.45, 2.75) is 32.2 Å². The van der Waals surface area contributed by atoms with Gasteiger partial charge in [-0.3, -0.25) is 14.3 Å². The monoisotopic (exact) mass is 265 g/mol. The number of nitrogens with zero attached hydrogens (tertiary/aromatic N) is 2. The molecule has 19 heavy (non-hydrogen) atoms. The molecule has 1 aliphatic rings. The van der Waals surface area contributed by atoms with Gasteiger partial charge in [0.2, 0.25) is 5.91 Å². The Kier molecular flexibility index (Phi) is 4.54. The van der Waals surface area contributed by atoms with Crippen molar-refractivity contribution in [2.24, 2.45) is 11.8 Å². The van der Waals surface area contributed by atoms with Gasteiger partial charge in [-0.1, -0.05) is 6.42 Å². The molecule has 0 bridgehead atoms. The minimum absolute atomic E-state index is 0.0495. The summed E-state index contributed by atoms with van der Waals surface area (Å²) in [5.74, 6) is -1.02. The van der Waals surface area contributed by atoms with Crippen LogP contribution in [0.25, 0.3) is 0 Å². The number of carbonyl (C=O) groups excluding carboxylic acids is 1. The number of hydrogen-bond donors (Lipinski definition) is 2. The summed E-state index contributed by atoms with van der Waals surface area (Å²) in [7, 11) is 0. The Hall–Kier alpha value is -1.85. The Morgan fingerprint density at radius 3 is 2.95 bits per heavy atom. The number of carboxylic acids is 1. The number of aliphatic carboxylic acids is 1. The molecule has 2 rings (SSSR count). The fourth-order valence-electron chi connectivity index (χ4n) is 2.59. The lowest BCUT2D eigenvalue weighted by Gasteiger charge is -2.16. The van der Waals surface area contributed by atoms with Crippen molar-refractivity contribution in [2.75, 3.05) is 6.54 Å². The molecule has 1 aliphatic carbocycles. The average Bonchev–Trinajstić information content (AvgIpc) is 3.04. The van der Waals surface area contributed by atoms with Gasteiger partial charge in [0, 0.05) is 31.9 Å². The second kappa shape index (κ2) is 6.36. The lowest BCUT2D eigenvalue weighted by molar-refractivity contribution is -0.143. The van der Waals surface area contributed by atoms with Gasteiger partial charge in [-0.05, 0) is 24.8 Å². The van der Waals surface area contributed by atoms with Crippen LogP contribution in [-0.4, -0.2) is 33.3 Å². The van der Waals surface area contributed by atoms with Crippen LogP contribution in [0.5, 0.6) is 0 Å². The highest BCUT2D eigenvalue weighted by atomic mass is 16.4. The fourth-order valence-corrected chi connectivity index (χ4v) is 2.59. The maximum Gasteiger partial charge on any atom is 0.306 e. The number of aromatic nitrogens is 2. The fraction of sp³-hybridized carbons (Fsp3) is 0.615. The van der Waals surface area contributed by atoms with Crippen LogP contribution < -0.4 is 5.32 Å². The molecule has 104 valence electrons. The Balaban J connectivity index is 1.70. The van der Waals surface area contributed by atoms with Gasteiger partial charge in [-0.15, -0.1) is 0 Å². The molecule has 0 spiro atoms. The number of amides is 1. The highest BCUT2D eigenvalue weighted by molar-refractivity contribution is 5.76. The van der Waals surface area contributed by atoms with E-state index in [4.69, 9.17) is 5.11 Å². The number of carboxylic acid groups (broad SMARTS) is 1. The van der Waals surface area contributed by atoms with Crippen LogP contribution in [0.2, 0.25) is 0 Å². The summed E-state index contributed by atoms with van der Waals surface area (Å²) in [6.07, 6.45) is 6.40. The highest BCUT2D eigenvalue weighted by Gasteiger charge is 2.32. The van der Waals surface area contributed by atoms with Crippen molar-refractivity contribution in [3.05, 3.63) is 18.5 Å². The SMILES string of the molecule is O=C(CCn1cccn1)NCC1CCCC1C(=O)O. The average molecular weight is 265 g/mol. The zero-order valence-electron chi connectivity index (χ0n) is 10.8. The van der Waals surface area contributed by atoms with Crippen molar-refractivity contribution in [3.8, 4) is 0 Å². The predicted octanol–water partition coefficient (Wildman–Crippen LogP) is 0.890. The summed E-state index contributed by atoms with van der Waals surface area (Å²) >= 11 is 0. The van der Waals surface area contributed by atoms with Gasteiger partial charge < -0.3 is 10.4 Å². The predicted molar refractivity (Wildman–Crippen MR) is 68.3 cm³/mol. The van der Waals surface area contributed by atoms with E-state index in [2.05, 4.69) is 10.4 Å². The molecule has 0 aliphatic heterocycles. The van der Waals surface area contributed by atoms with E-state index < -0.39 is 5.97 Å². The largest absolute Gasteiger partial charge is 0.481 e. The van der Waals surface area contributed by atoms with Gasteiger partial charge in [0.05, 0.1) is 5.92 Å². The first-order valence-electron chi connectivity index (χ1n) is 6.64. The van der Waals surface area contributed by atoms with Gasteiger partial charge in [-0.2, -0.15) is 5.10 Å². The Morgan fingerprint density at radius 1 is 1.42 bits per heavy atom. The second-order valence-electron chi connectivity index (χ2n) is 4.96. The maximum atomic E-state index is 11.7. The van der Waals surface area contributed by atoms with Gasteiger partial charge in [-0.25, -0.2) is 0 Å². The molecule has 1 aromatic heterocycles. The molecular weight excluding hydrogens is 246 g/mol. The van der Waals surface area contributed by atoms with E-state index in [0.29, 0.717) is 19.5 Å². The third kappa shape index (κ3) is 3.81. The van der Waals surface area contributed by atoms with Crippen LogP contribution in [-0.2, 0) is 16.1 Å². The van der Waals surface area contributed by atoms with Crippen molar-refractivity contribution in [3.63, 3.8) is 0 Å². The van der Waals surface area contributed by atoms with E-state index in [9.17, 15) is 9.59 Å². The molecule has 0 radical (unpaired) electrons. The van der Waals surface area contributed by atoms with Crippen LogP contribution >= 0.6 is 0 Å². The highest BCUT2D eigenvalue weighted by Crippen LogP contribution is 2.31. The van der Waals surface area contributed by atoms with Gasteiger partial charge in [0.1, 0.15) is 0 Å². The number of rotatable bonds is 6. The normalized spacial score (nSPS) is 22.3. The van der Waals surface area contributed by atoms with Crippen LogP contribution in [0.1, 0.15) is 25.7 Å². The zero-order chi connectivity index (χ0) is 13.7. The van der Waals surface area contributed by atoms with Gasteiger partial charge >= 0.3 is 5.97 Å². The third-order valence-electron chi connectivity index (χ3n) is 3.66. The van der Waals surface area contributed by atoms with E-state index in [1.165, 1.54) is 0 Å². The van der Waals surface area contributed by atoms with E-state index >= 15 is 0 Å². The standard InChI is InChI=1S/C13H19N3O3/c17-12(5-8-16-7-2-6-15-16)14-9-10-3-1-4-11(10)13(18)19/h2,6-7,10-11H,1,3-5,8-9H2,(H,14,17)(H,18,19). The van der Waals surface area contributed by atoms with Gasteiger partial charge in [0.25, 0.3) is 0 Å². The van der Waals surface area contributed by atoms with E-state index in [1.807, 2.05) is 12.3 Å². The lowest BCUT2D eigenvalue weighted by atomic mass is 9.96. The van der Waals surface area contributed by atoms with E-state index in [-0.39, 0.29) is 17.7 Å². The molecule has 0 saturated heterocycles. The minimum atomic E-state index is -0.742. The zero-order valence-corrected chi connectivity index (χ0v) is 10.8. The Bertz CT molecular complexity index is 430. The Morgan fingerprint density at radius 2 is 2.26 bits per heavy atom. The molecule has 2 N–H and O–H groups in total. The quantitative estimate of drug-likeness (QED) is 0.800. The van der Waals surface area contributed by atoms with Crippen molar-refractivity contribution in [1.29, 1.82) is 0 Å². The summed E-state index contributed by atoms with van der Waals surface area (Å²) in [6, 6.07) is 1.81. The summed E-state index contributed by atoms with van der Waals surface area (Å²) in [4.78, 5) is 22.7. The smallest absolute Gasteiger partial charge is 0.306 e. The molecule has 1 saturated carbocycles. The van der Waals surface area contributed by atoms with E-state index in [1.54, 1.807) is 10.9 Å². The van der Waals surface area contributed by atoms with Crippen molar-refractivity contribution in [1.82, 2.24) is 15.1 Å². The molecule has 2 unspecified atom stereocenters. The maximum absolute atomic E-state index is 11.7. The lowest BCUT2D eigenvalue weighted by Crippen LogP contribution is -2.33. The van der Waals surface area contributed by atoms with Crippen LogP contribution in [0.4, 0.5) is 0 Å². The third-order valence-corrected chi connectivity index (χ3v) is 3.66. The molecule has 6 heteroatoms. The van der Waals surface area contributed by atoms with Crippen molar-refractivity contribution >= 4 is 11.9 Å². The minimum Gasteiger partial charge on any atom is -0.481 e. The summed E-state index contributed by atoms with van der Waals surface area (Å²) in [5, 5.41) is 15.9.